The maximum absolute atomic E-state index is 12.6. The Bertz CT molecular complexity index is 833. The summed E-state index contributed by atoms with van der Waals surface area (Å²) in [5.41, 5.74) is 4.79. The van der Waals surface area contributed by atoms with E-state index < -0.39 is 0 Å². The van der Waals surface area contributed by atoms with Crippen molar-refractivity contribution in [2.45, 2.75) is 20.8 Å². The summed E-state index contributed by atoms with van der Waals surface area (Å²) in [5.74, 6) is -0.0976. The molecule has 0 aliphatic rings. The number of carbonyl (C=O) groups is 1. The van der Waals surface area contributed by atoms with Gasteiger partial charge in [0.1, 0.15) is 9.88 Å². The molecule has 0 aliphatic carbocycles. The highest BCUT2D eigenvalue weighted by atomic mass is 32.1. The van der Waals surface area contributed by atoms with Crippen molar-refractivity contribution in [3.8, 4) is 10.6 Å². The second kappa shape index (κ2) is 6.34. The van der Waals surface area contributed by atoms with Crippen molar-refractivity contribution >= 4 is 22.9 Å². The Hall–Kier alpha value is -2.46. The van der Waals surface area contributed by atoms with Gasteiger partial charge in [0.25, 0.3) is 5.91 Å². The van der Waals surface area contributed by atoms with Crippen LogP contribution in [-0.2, 0) is 0 Å². The predicted molar refractivity (Wildman–Crippen MR) is 96.2 cm³/mol. The van der Waals surface area contributed by atoms with Crippen LogP contribution in [0.1, 0.15) is 26.5 Å². The molecule has 1 amide bonds. The van der Waals surface area contributed by atoms with Crippen molar-refractivity contribution in [3.63, 3.8) is 0 Å². The molecule has 0 saturated heterocycles. The van der Waals surface area contributed by atoms with Crippen LogP contribution in [-0.4, -0.2) is 10.9 Å². The summed E-state index contributed by atoms with van der Waals surface area (Å²) in [5, 5.41) is 3.90. The smallest absolute Gasteiger partial charge is 0.267 e. The van der Waals surface area contributed by atoms with E-state index in [0.717, 1.165) is 33.1 Å². The Morgan fingerprint density at radius 2 is 1.61 bits per heavy atom. The largest absolute Gasteiger partial charge is 0.321 e. The minimum atomic E-state index is -0.0976. The van der Waals surface area contributed by atoms with E-state index in [2.05, 4.69) is 10.3 Å². The van der Waals surface area contributed by atoms with Gasteiger partial charge in [-0.05, 0) is 31.9 Å². The molecule has 0 bridgehead atoms. The number of hydrogen-bond acceptors (Lipinski definition) is 3. The van der Waals surface area contributed by atoms with Crippen LogP contribution in [0.3, 0.4) is 0 Å². The van der Waals surface area contributed by atoms with E-state index in [0.29, 0.717) is 4.88 Å². The normalized spacial score (nSPS) is 10.6. The molecule has 0 aliphatic heterocycles. The second-order valence-corrected chi connectivity index (χ2v) is 6.52. The molecular weight excluding hydrogens is 304 g/mol. The van der Waals surface area contributed by atoms with E-state index in [1.165, 1.54) is 11.3 Å². The molecule has 0 fully saturated rings. The third-order valence-corrected chi connectivity index (χ3v) is 4.95. The third-order valence-electron chi connectivity index (χ3n) is 3.74. The minimum absolute atomic E-state index is 0.0976. The van der Waals surface area contributed by atoms with Gasteiger partial charge >= 0.3 is 0 Å². The molecule has 116 valence electrons. The predicted octanol–water partition coefficient (Wildman–Crippen LogP) is 4.99. The first kappa shape index (κ1) is 15.4. The summed E-state index contributed by atoms with van der Waals surface area (Å²) in [6, 6.07) is 15.9. The minimum Gasteiger partial charge on any atom is -0.321 e. The van der Waals surface area contributed by atoms with Crippen molar-refractivity contribution in [2.24, 2.45) is 0 Å². The van der Waals surface area contributed by atoms with Crippen molar-refractivity contribution in [3.05, 3.63) is 70.2 Å². The number of aryl methyl sites for hydroxylation is 3. The van der Waals surface area contributed by atoms with Crippen molar-refractivity contribution < 1.29 is 4.79 Å². The van der Waals surface area contributed by atoms with Crippen LogP contribution in [0.15, 0.2) is 48.5 Å². The molecule has 1 aromatic heterocycles. The lowest BCUT2D eigenvalue weighted by molar-refractivity contribution is 0.102. The quantitative estimate of drug-likeness (QED) is 0.738. The summed E-state index contributed by atoms with van der Waals surface area (Å²) in [6.07, 6.45) is 0. The number of rotatable bonds is 3. The zero-order valence-electron chi connectivity index (χ0n) is 13.4. The summed E-state index contributed by atoms with van der Waals surface area (Å²) >= 11 is 1.43. The number of amides is 1. The Balaban J connectivity index is 1.90. The van der Waals surface area contributed by atoms with Crippen LogP contribution in [0.4, 0.5) is 5.69 Å². The molecule has 3 aromatic rings. The number of nitrogens with zero attached hydrogens (tertiary/aromatic N) is 1. The molecule has 4 heteroatoms. The first-order valence-electron chi connectivity index (χ1n) is 7.46. The molecule has 0 unspecified atom stereocenters. The highest BCUT2D eigenvalue weighted by Gasteiger charge is 2.17. The number of nitrogens with one attached hydrogen (secondary N) is 1. The molecule has 0 radical (unpaired) electrons. The van der Waals surface area contributed by atoms with Gasteiger partial charge in [0.05, 0.1) is 5.69 Å². The fraction of sp³-hybridized carbons (Fsp3) is 0.158. The summed E-state index contributed by atoms with van der Waals surface area (Å²) in [4.78, 5) is 17.8. The molecule has 0 spiro atoms. The number of carbonyl (C=O) groups excluding carboxylic acids is 1. The number of aromatic nitrogens is 1. The molecule has 2 aromatic carbocycles. The molecule has 3 nitrogen and oxygen atoms in total. The molecule has 1 N–H and O–H groups in total. The molecular formula is C19H18N2OS. The first-order valence-corrected chi connectivity index (χ1v) is 8.28. The van der Waals surface area contributed by atoms with Crippen molar-refractivity contribution in [2.75, 3.05) is 5.32 Å². The Labute approximate surface area is 140 Å². The maximum atomic E-state index is 12.6. The highest BCUT2D eigenvalue weighted by Crippen LogP contribution is 2.29. The molecule has 1 heterocycles. The Kier molecular flexibility index (Phi) is 4.26. The zero-order valence-corrected chi connectivity index (χ0v) is 14.2. The van der Waals surface area contributed by atoms with Crippen LogP contribution in [0.5, 0.6) is 0 Å². The first-order chi connectivity index (χ1) is 11.1. The molecule has 0 atom stereocenters. The maximum Gasteiger partial charge on any atom is 0.267 e. The van der Waals surface area contributed by atoms with E-state index in [-0.39, 0.29) is 5.91 Å². The number of anilines is 1. The lowest BCUT2D eigenvalue weighted by Gasteiger charge is -2.10. The Morgan fingerprint density at radius 3 is 2.26 bits per heavy atom. The average molecular weight is 322 g/mol. The van der Waals surface area contributed by atoms with Crippen LogP contribution in [0.2, 0.25) is 0 Å². The van der Waals surface area contributed by atoms with E-state index in [4.69, 9.17) is 0 Å². The van der Waals surface area contributed by atoms with Gasteiger partial charge in [-0.15, -0.1) is 11.3 Å². The number of hydrogen-bond donors (Lipinski definition) is 1. The fourth-order valence-electron chi connectivity index (χ4n) is 2.49. The average Bonchev–Trinajstić information content (AvgIpc) is 2.94. The van der Waals surface area contributed by atoms with Gasteiger partial charge in [0.2, 0.25) is 0 Å². The molecule has 3 rings (SSSR count). The topological polar surface area (TPSA) is 42.0 Å². The van der Waals surface area contributed by atoms with Crippen LogP contribution in [0, 0.1) is 20.8 Å². The lowest BCUT2D eigenvalue weighted by atomic mass is 10.1. The number of thiazole rings is 1. The van der Waals surface area contributed by atoms with E-state index in [1.807, 2.05) is 69.3 Å². The third kappa shape index (κ3) is 3.17. The summed E-state index contributed by atoms with van der Waals surface area (Å²) in [6.45, 7) is 5.87. The summed E-state index contributed by atoms with van der Waals surface area (Å²) < 4.78 is 0. The summed E-state index contributed by atoms with van der Waals surface area (Å²) in [7, 11) is 0. The van der Waals surface area contributed by atoms with E-state index in [9.17, 15) is 4.79 Å². The van der Waals surface area contributed by atoms with Crippen molar-refractivity contribution in [1.29, 1.82) is 0 Å². The standard InChI is InChI=1S/C19H18N2OS/c1-12-8-7-9-13(2)16(12)21-18(22)17-14(3)20-19(23-17)15-10-5-4-6-11-15/h4-11H,1-3H3,(H,21,22). The molecule has 23 heavy (non-hydrogen) atoms. The second-order valence-electron chi connectivity index (χ2n) is 5.52. The highest BCUT2D eigenvalue weighted by molar-refractivity contribution is 7.17. The number of benzene rings is 2. The monoisotopic (exact) mass is 322 g/mol. The van der Waals surface area contributed by atoms with E-state index >= 15 is 0 Å². The van der Waals surface area contributed by atoms with Crippen LogP contribution in [0.25, 0.3) is 10.6 Å². The van der Waals surface area contributed by atoms with Gasteiger partial charge in [0.15, 0.2) is 0 Å². The fourth-order valence-corrected chi connectivity index (χ4v) is 3.46. The van der Waals surface area contributed by atoms with Gasteiger partial charge in [-0.2, -0.15) is 0 Å². The van der Waals surface area contributed by atoms with Gasteiger partial charge < -0.3 is 5.32 Å². The SMILES string of the molecule is Cc1cccc(C)c1NC(=O)c1sc(-c2ccccc2)nc1C. The van der Waals surface area contributed by atoms with Gasteiger partial charge in [0, 0.05) is 11.3 Å². The van der Waals surface area contributed by atoms with Crippen LogP contribution >= 0.6 is 11.3 Å². The number of para-hydroxylation sites is 1. The van der Waals surface area contributed by atoms with Gasteiger partial charge in [-0.25, -0.2) is 4.98 Å². The molecule has 0 saturated carbocycles. The van der Waals surface area contributed by atoms with Crippen molar-refractivity contribution in [1.82, 2.24) is 4.98 Å². The zero-order chi connectivity index (χ0) is 16.4. The van der Waals surface area contributed by atoms with E-state index in [1.54, 1.807) is 0 Å². The van der Waals surface area contributed by atoms with Gasteiger partial charge in [-0.1, -0.05) is 48.5 Å². The lowest BCUT2D eigenvalue weighted by Crippen LogP contribution is -2.13. The van der Waals surface area contributed by atoms with Crippen LogP contribution < -0.4 is 5.32 Å². The Morgan fingerprint density at radius 1 is 0.957 bits per heavy atom. The van der Waals surface area contributed by atoms with Gasteiger partial charge in [-0.3, -0.25) is 4.79 Å².